The topological polar surface area (TPSA) is 36.8 Å². The number of hydrogen-bond acceptors (Lipinski definition) is 3. The average Bonchev–Trinajstić information content (AvgIpc) is 2.53. The lowest BCUT2D eigenvalue weighted by atomic mass is 10.1. The van der Waals surface area contributed by atoms with Crippen LogP contribution in [0.3, 0.4) is 0 Å². The maximum Gasteiger partial charge on any atom is 0.182 e. The summed E-state index contributed by atoms with van der Waals surface area (Å²) in [7, 11) is 0. The first kappa shape index (κ1) is 14.8. The maximum atomic E-state index is 12.9. The highest BCUT2D eigenvalue weighted by atomic mass is 32.2. The Morgan fingerprint density at radius 2 is 1.91 bits per heavy atom. The fourth-order valence-corrected chi connectivity index (χ4v) is 2.91. The SMILES string of the molecule is Cc1cccc(N=C2NN=C(c3ccc(F)cc3)CS2)c1C. The first-order valence-corrected chi connectivity index (χ1v) is 7.98. The molecule has 3 rings (SSSR count). The van der Waals surface area contributed by atoms with E-state index in [-0.39, 0.29) is 5.82 Å². The summed E-state index contributed by atoms with van der Waals surface area (Å²) < 4.78 is 12.9. The molecule has 22 heavy (non-hydrogen) atoms. The van der Waals surface area contributed by atoms with Crippen LogP contribution in [-0.2, 0) is 0 Å². The second-order valence-electron chi connectivity index (χ2n) is 5.10. The molecule has 0 bridgehead atoms. The molecule has 1 aliphatic heterocycles. The molecule has 0 aromatic heterocycles. The van der Waals surface area contributed by atoms with E-state index in [0.29, 0.717) is 5.75 Å². The molecule has 2 aromatic carbocycles. The van der Waals surface area contributed by atoms with Gasteiger partial charge in [0.15, 0.2) is 5.17 Å². The van der Waals surface area contributed by atoms with Crippen LogP contribution in [-0.4, -0.2) is 16.6 Å². The third-order valence-electron chi connectivity index (χ3n) is 3.61. The van der Waals surface area contributed by atoms with E-state index < -0.39 is 0 Å². The minimum atomic E-state index is -0.238. The standard InChI is InChI=1S/C17H16FN3S/c1-11-4-3-5-15(12(11)2)19-17-21-20-16(10-22-17)13-6-8-14(18)9-7-13/h3-9H,10H2,1-2H3,(H,19,21). The van der Waals surface area contributed by atoms with Crippen LogP contribution in [0.15, 0.2) is 52.6 Å². The first-order valence-electron chi connectivity index (χ1n) is 7.00. The molecule has 0 aliphatic carbocycles. The number of nitrogens with zero attached hydrogens (tertiary/aromatic N) is 2. The van der Waals surface area contributed by atoms with Crippen LogP contribution in [0.2, 0.25) is 0 Å². The normalized spacial score (nSPS) is 16.3. The lowest BCUT2D eigenvalue weighted by Crippen LogP contribution is -2.25. The second kappa shape index (κ2) is 6.32. The van der Waals surface area contributed by atoms with Gasteiger partial charge in [-0.3, -0.25) is 5.43 Å². The predicted octanol–water partition coefficient (Wildman–Crippen LogP) is 4.17. The number of aryl methyl sites for hydroxylation is 1. The zero-order chi connectivity index (χ0) is 15.5. The fraction of sp³-hybridized carbons (Fsp3) is 0.176. The van der Waals surface area contributed by atoms with E-state index in [2.05, 4.69) is 35.4 Å². The third kappa shape index (κ3) is 3.20. The van der Waals surface area contributed by atoms with Crippen molar-refractivity contribution < 1.29 is 4.39 Å². The number of amidine groups is 1. The van der Waals surface area contributed by atoms with Crippen molar-refractivity contribution in [3.8, 4) is 0 Å². The van der Waals surface area contributed by atoms with E-state index in [1.807, 2.05) is 12.1 Å². The summed E-state index contributed by atoms with van der Waals surface area (Å²) in [5.41, 5.74) is 8.15. The van der Waals surface area contributed by atoms with Crippen LogP contribution in [0, 0.1) is 19.7 Å². The molecule has 0 saturated heterocycles. The van der Waals surface area contributed by atoms with Crippen LogP contribution in [0.4, 0.5) is 10.1 Å². The van der Waals surface area contributed by atoms with Gasteiger partial charge in [0.1, 0.15) is 5.82 Å². The summed E-state index contributed by atoms with van der Waals surface area (Å²) in [4.78, 5) is 4.62. The van der Waals surface area contributed by atoms with Crippen LogP contribution < -0.4 is 5.43 Å². The van der Waals surface area contributed by atoms with Crippen molar-refractivity contribution in [1.29, 1.82) is 0 Å². The molecule has 0 atom stereocenters. The molecular formula is C17H16FN3S. The van der Waals surface area contributed by atoms with Crippen LogP contribution in [0.1, 0.15) is 16.7 Å². The minimum Gasteiger partial charge on any atom is -0.255 e. The highest BCUT2D eigenvalue weighted by Crippen LogP contribution is 2.24. The second-order valence-corrected chi connectivity index (χ2v) is 6.07. The van der Waals surface area contributed by atoms with E-state index >= 15 is 0 Å². The minimum absolute atomic E-state index is 0.238. The fourth-order valence-electron chi connectivity index (χ4n) is 2.13. The summed E-state index contributed by atoms with van der Waals surface area (Å²) in [5, 5.41) is 5.13. The van der Waals surface area contributed by atoms with Gasteiger partial charge in [-0.05, 0) is 48.7 Å². The van der Waals surface area contributed by atoms with E-state index in [4.69, 9.17) is 0 Å². The van der Waals surface area contributed by atoms with Crippen molar-refractivity contribution >= 4 is 28.3 Å². The third-order valence-corrected chi connectivity index (χ3v) is 4.48. The van der Waals surface area contributed by atoms with E-state index in [9.17, 15) is 4.39 Å². The Balaban J connectivity index is 1.79. The molecule has 3 nitrogen and oxygen atoms in total. The van der Waals surface area contributed by atoms with Gasteiger partial charge in [-0.1, -0.05) is 36.0 Å². The Morgan fingerprint density at radius 1 is 1.14 bits per heavy atom. The highest BCUT2D eigenvalue weighted by molar-refractivity contribution is 8.14. The summed E-state index contributed by atoms with van der Waals surface area (Å²) in [6.07, 6.45) is 0. The van der Waals surface area contributed by atoms with Gasteiger partial charge in [0.05, 0.1) is 11.4 Å². The maximum absolute atomic E-state index is 12.9. The van der Waals surface area contributed by atoms with E-state index in [1.54, 1.807) is 23.9 Å². The molecule has 1 aliphatic rings. The van der Waals surface area contributed by atoms with Gasteiger partial charge in [-0.15, -0.1) is 0 Å². The predicted molar refractivity (Wildman–Crippen MR) is 91.5 cm³/mol. The van der Waals surface area contributed by atoms with Gasteiger partial charge in [-0.2, -0.15) is 5.10 Å². The first-order chi connectivity index (χ1) is 10.6. The van der Waals surface area contributed by atoms with Gasteiger partial charge >= 0.3 is 0 Å². The number of hydrogen-bond donors (Lipinski definition) is 1. The average molecular weight is 313 g/mol. The van der Waals surface area contributed by atoms with Gasteiger partial charge in [0, 0.05) is 5.75 Å². The summed E-state index contributed by atoms with van der Waals surface area (Å²) in [5.74, 6) is 0.473. The van der Waals surface area contributed by atoms with E-state index in [1.165, 1.54) is 23.3 Å². The van der Waals surface area contributed by atoms with Gasteiger partial charge in [0.25, 0.3) is 0 Å². The van der Waals surface area contributed by atoms with Crippen molar-refractivity contribution in [3.05, 3.63) is 65.0 Å². The molecule has 0 fully saturated rings. The van der Waals surface area contributed by atoms with Crippen molar-refractivity contribution in [1.82, 2.24) is 5.43 Å². The smallest absolute Gasteiger partial charge is 0.182 e. The number of thioether (sulfide) groups is 1. The Kier molecular flexibility index (Phi) is 4.24. The van der Waals surface area contributed by atoms with Crippen molar-refractivity contribution in [2.45, 2.75) is 13.8 Å². The summed E-state index contributed by atoms with van der Waals surface area (Å²) in [6.45, 7) is 4.14. The Bertz CT molecular complexity index is 751. The monoisotopic (exact) mass is 313 g/mol. The molecule has 2 aromatic rings. The number of benzene rings is 2. The largest absolute Gasteiger partial charge is 0.255 e. The molecule has 1 N–H and O–H groups in total. The molecule has 0 spiro atoms. The van der Waals surface area contributed by atoms with Crippen molar-refractivity contribution in [2.75, 3.05) is 5.75 Å². The molecule has 0 unspecified atom stereocenters. The van der Waals surface area contributed by atoms with Crippen molar-refractivity contribution in [3.63, 3.8) is 0 Å². The quantitative estimate of drug-likeness (QED) is 0.903. The number of halogens is 1. The Labute approximate surface area is 133 Å². The lowest BCUT2D eigenvalue weighted by molar-refractivity contribution is 0.628. The van der Waals surface area contributed by atoms with Crippen LogP contribution >= 0.6 is 11.8 Å². The number of aliphatic imine (C=N–C) groups is 1. The Hall–Kier alpha value is -2.14. The summed E-state index contributed by atoms with van der Waals surface area (Å²) >= 11 is 1.59. The molecule has 112 valence electrons. The number of rotatable bonds is 2. The van der Waals surface area contributed by atoms with Crippen molar-refractivity contribution in [2.24, 2.45) is 10.1 Å². The number of nitrogens with one attached hydrogen (secondary N) is 1. The molecular weight excluding hydrogens is 297 g/mol. The van der Waals surface area contributed by atoms with Crippen LogP contribution in [0.25, 0.3) is 0 Å². The van der Waals surface area contributed by atoms with Gasteiger partial charge in [0.2, 0.25) is 0 Å². The Morgan fingerprint density at radius 3 is 2.59 bits per heavy atom. The lowest BCUT2D eigenvalue weighted by Gasteiger charge is -2.15. The molecule has 0 radical (unpaired) electrons. The molecule has 1 heterocycles. The number of hydrazone groups is 1. The van der Waals surface area contributed by atoms with Crippen LogP contribution in [0.5, 0.6) is 0 Å². The highest BCUT2D eigenvalue weighted by Gasteiger charge is 2.13. The van der Waals surface area contributed by atoms with Gasteiger partial charge < -0.3 is 0 Å². The zero-order valence-electron chi connectivity index (χ0n) is 12.4. The zero-order valence-corrected chi connectivity index (χ0v) is 13.2. The summed E-state index contributed by atoms with van der Waals surface area (Å²) in [6, 6.07) is 12.4. The van der Waals surface area contributed by atoms with Gasteiger partial charge in [-0.25, -0.2) is 9.38 Å². The molecule has 5 heteroatoms. The molecule has 0 amide bonds. The van der Waals surface area contributed by atoms with E-state index in [0.717, 1.165) is 22.1 Å². The molecule has 0 saturated carbocycles.